The zero-order valence-corrected chi connectivity index (χ0v) is 34.1. The number of nitrogens with one attached hydrogen (secondary N) is 1. The van der Waals surface area contributed by atoms with Gasteiger partial charge in [-0.2, -0.15) is 10.5 Å². The van der Waals surface area contributed by atoms with Crippen LogP contribution in [0.25, 0.3) is 0 Å². The number of carbonyl (C=O) groups excluding carboxylic acids is 3. The summed E-state index contributed by atoms with van der Waals surface area (Å²) in [4.78, 5) is 48.9. The smallest absolute Gasteiger partial charge is 0.274 e. The van der Waals surface area contributed by atoms with E-state index in [9.17, 15) is 14.4 Å². The number of halogens is 2. The van der Waals surface area contributed by atoms with E-state index >= 15 is 0 Å². The lowest BCUT2D eigenvalue weighted by Gasteiger charge is -2.45. The first-order valence-electron chi connectivity index (χ1n) is 18.8. The number of nitrogens with two attached hydrogens (primary N) is 2. The van der Waals surface area contributed by atoms with Gasteiger partial charge in [0, 0.05) is 40.0 Å². The molecule has 2 aromatic carbocycles. The summed E-state index contributed by atoms with van der Waals surface area (Å²) in [5, 5.41) is 20.6. The fourth-order valence-electron chi connectivity index (χ4n) is 6.76. The van der Waals surface area contributed by atoms with E-state index in [0.717, 1.165) is 80.3 Å². The Morgan fingerprint density at radius 2 is 1.33 bits per heavy atom. The first-order valence-corrected chi connectivity index (χ1v) is 19.2. The number of hydrogen-bond donors (Lipinski definition) is 3. The number of carbonyl (C=O) groups is 3. The van der Waals surface area contributed by atoms with E-state index in [-0.39, 0.29) is 78.8 Å². The molecule has 1 aliphatic heterocycles. The van der Waals surface area contributed by atoms with Crippen molar-refractivity contribution in [1.29, 1.82) is 10.5 Å². The van der Waals surface area contributed by atoms with Gasteiger partial charge in [-0.1, -0.05) is 35.9 Å². The van der Waals surface area contributed by atoms with Gasteiger partial charge in [0.2, 0.25) is 0 Å². The maximum Gasteiger partial charge on any atom is 0.274 e. The van der Waals surface area contributed by atoms with E-state index in [0.29, 0.717) is 24.6 Å². The van der Waals surface area contributed by atoms with Crippen LogP contribution in [0.15, 0.2) is 48.5 Å². The van der Waals surface area contributed by atoms with Gasteiger partial charge in [0.1, 0.15) is 11.5 Å². The largest absolute Gasteiger partial charge is 1.00 e. The Kier molecular flexibility index (Phi) is 18.6. The monoisotopic (exact) mass is 822 g/mol. The molecular formula is C40H52Cl2N10O5. The van der Waals surface area contributed by atoms with Crippen LogP contribution >= 0.6 is 11.6 Å². The van der Waals surface area contributed by atoms with Crippen LogP contribution in [0.1, 0.15) is 60.1 Å². The zero-order valence-electron chi connectivity index (χ0n) is 32.6. The van der Waals surface area contributed by atoms with Gasteiger partial charge in [-0.05, 0) is 61.1 Å². The third-order valence-corrected chi connectivity index (χ3v) is 10.3. The van der Waals surface area contributed by atoms with E-state index in [1.807, 2.05) is 60.7 Å². The van der Waals surface area contributed by atoms with E-state index in [1.54, 1.807) is 14.1 Å². The molecule has 1 aromatic heterocycles. The summed E-state index contributed by atoms with van der Waals surface area (Å²) in [7, 11) is 3.31. The lowest BCUT2D eigenvalue weighted by Crippen LogP contribution is -3.00. The fourth-order valence-corrected chi connectivity index (χ4v) is 6.89. The quantitative estimate of drug-likeness (QED) is 0.136. The minimum Gasteiger partial charge on any atom is -1.00 e. The maximum absolute atomic E-state index is 13.3. The van der Waals surface area contributed by atoms with Gasteiger partial charge in [0.05, 0.1) is 57.2 Å². The number of nitrogen functional groups attached to an aromatic ring is 2. The normalized spacial score (nSPS) is 14.2. The van der Waals surface area contributed by atoms with Crippen LogP contribution in [0.3, 0.4) is 0 Å². The molecule has 1 saturated heterocycles. The molecule has 5 N–H and O–H groups in total. The maximum atomic E-state index is 13.3. The summed E-state index contributed by atoms with van der Waals surface area (Å²) in [5.41, 5.74) is 14.0. The van der Waals surface area contributed by atoms with Crippen LogP contribution in [-0.2, 0) is 22.4 Å². The number of likely N-dealkylation sites (N-methyl/N-ethyl adjacent to an activating group) is 2. The minimum absolute atomic E-state index is 0. The number of likely N-dealkylation sites (tertiary alicyclic amines) is 1. The van der Waals surface area contributed by atoms with E-state index in [4.69, 9.17) is 43.1 Å². The molecule has 306 valence electrons. The Morgan fingerprint density at radius 3 is 1.81 bits per heavy atom. The van der Waals surface area contributed by atoms with Gasteiger partial charge in [0.15, 0.2) is 35.7 Å². The van der Waals surface area contributed by atoms with Gasteiger partial charge in [-0.15, -0.1) is 0 Å². The van der Waals surface area contributed by atoms with Crippen molar-refractivity contribution in [1.82, 2.24) is 25.1 Å². The predicted molar refractivity (Wildman–Crippen MR) is 212 cm³/mol. The van der Waals surface area contributed by atoms with Crippen LogP contribution in [0.5, 0.6) is 11.5 Å². The molecule has 17 heteroatoms. The number of piperidine rings is 1. The summed E-state index contributed by atoms with van der Waals surface area (Å²) >= 11 is 6.06. The molecular weight excluding hydrogens is 771 g/mol. The number of nitrogens with zero attached hydrogens (tertiary/aromatic N) is 7. The molecule has 4 rings (SSSR count). The number of quaternary nitrogens is 1. The van der Waals surface area contributed by atoms with Crippen LogP contribution in [-0.4, -0.2) is 115 Å². The highest BCUT2D eigenvalue weighted by Crippen LogP contribution is 2.25. The lowest BCUT2D eigenvalue weighted by molar-refractivity contribution is -0.933. The van der Waals surface area contributed by atoms with Crippen molar-refractivity contribution in [3.8, 4) is 23.6 Å². The average molecular weight is 824 g/mol. The van der Waals surface area contributed by atoms with E-state index < -0.39 is 5.91 Å². The molecule has 0 bridgehead atoms. The highest BCUT2D eigenvalue weighted by atomic mass is 35.5. The second-order valence-corrected chi connectivity index (χ2v) is 14.5. The van der Waals surface area contributed by atoms with Gasteiger partial charge >= 0.3 is 0 Å². The van der Waals surface area contributed by atoms with Gasteiger partial charge in [-0.25, -0.2) is 9.97 Å². The summed E-state index contributed by atoms with van der Waals surface area (Å²) in [6.07, 6.45) is 5.84. The Balaban J connectivity index is 0.00000870. The third kappa shape index (κ3) is 14.6. The lowest BCUT2D eigenvalue weighted by atomic mass is 9.99. The van der Waals surface area contributed by atoms with Crippen LogP contribution in [0.2, 0.25) is 5.15 Å². The van der Waals surface area contributed by atoms with Crippen molar-refractivity contribution in [2.75, 3.05) is 78.0 Å². The molecule has 15 nitrogen and oxygen atoms in total. The van der Waals surface area contributed by atoms with Gasteiger partial charge in [-0.3, -0.25) is 14.4 Å². The van der Waals surface area contributed by atoms with Crippen LogP contribution < -0.4 is 38.7 Å². The molecule has 1 aliphatic rings. The number of benzene rings is 2. The second kappa shape index (κ2) is 23.0. The third-order valence-electron chi connectivity index (χ3n) is 9.98. The molecule has 1 atom stereocenters. The highest BCUT2D eigenvalue weighted by molar-refractivity contribution is 6.31. The molecule has 57 heavy (non-hydrogen) atoms. The number of aromatic nitrogens is 2. The zero-order chi connectivity index (χ0) is 40.5. The Hall–Kier alpha value is -5.35. The average Bonchev–Trinajstić information content (AvgIpc) is 3.19. The van der Waals surface area contributed by atoms with Gasteiger partial charge < -0.3 is 52.9 Å². The number of nitriles is 2. The SMILES string of the molecule is CN(CCC#N)C(=O)COc1ccc(CCC[N+]2(CCCc3ccc(OCC(=O)N(C)CCC#N)cc3)CCC[C@H](NC(=O)c3nc(Cl)c(N)nc3N)C2)cc1.[Cl-]. The molecule has 3 amide bonds. The van der Waals surface area contributed by atoms with Crippen molar-refractivity contribution in [2.45, 2.75) is 57.4 Å². The van der Waals surface area contributed by atoms with Crippen molar-refractivity contribution in [3.63, 3.8) is 0 Å². The van der Waals surface area contributed by atoms with Gasteiger partial charge in [0.25, 0.3) is 17.7 Å². The number of anilines is 2. The number of rotatable bonds is 20. The van der Waals surface area contributed by atoms with E-state index in [2.05, 4.69) is 15.3 Å². The molecule has 2 heterocycles. The Morgan fingerprint density at radius 1 is 0.842 bits per heavy atom. The molecule has 0 saturated carbocycles. The molecule has 0 aliphatic carbocycles. The predicted octanol–water partition coefficient (Wildman–Crippen LogP) is 0.775. The van der Waals surface area contributed by atoms with E-state index in [1.165, 1.54) is 9.80 Å². The molecule has 3 aromatic rings. The summed E-state index contributed by atoms with van der Waals surface area (Å²) in [6.45, 7) is 4.09. The fraction of sp³-hybridized carbons (Fsp3) is 0.475. The van der Waals surface area contributed by atoms with Crippen LogP contribution in [0, 0.1) is 22.7 Å². The summed E-state index contributed by atoms with van der Waals surface area (Å²) < 4.78 is 12.2. The first-order chi connectivity index (χ1) is 26.9. The molecule has 0 radical (unpaired) electrons. The number of hydrogen-bond acceptors (Lipinski definition) is 11. The highest BCUT2D eigenvalue weighted by Gasteiger charge is 2.35. The minimum atomic E-state index is -0.433. The summed E-state index contributed by atoms with van der Waals surface area (Å²) in [5.74, 6) is 0.306. The van der Waals surface area contributed by atoms with Crippen molar-refractivity contribution < 1.29 is 40.7 Å². The van der Waals surface area contributed by atoms with Crippen molar-refractivity contribution in [3.05, 3.63) is 70.5 Å². The number of ether oxygens (including phenoxy) is 2. The summed E-state index contributed by atoms with van der Waals surface area (Å²) in [6, 6.07) is 19.5. The molecule has 0 spiro atoms. The number of aryl methyl sites for hydroxylation is 2. The first kappa shape index (κ1) is 46.0. The Bertz CT molecular complexity index is 1780. The molecule has 0 unspecified atom stereocenters. The number of amides is 3. The van der Waals surface area contributed by atoms with Crippen molar-refractivity contribution >= 4 is 41.0 Å². The Labute approximate surface area is 345 Å². The van der Waals surface area contributed by atoms with Crippen molar-refractivity contribution in [2.24, 2.45) is 0 Å². The van der Waals surface area contributed by atoms with Crippen LogP contribution in [0.4, 0.5) is 11.6 Å². The second-order valence-electron chi connectivity index (χ2n) is 14.2. The topological polar surface area (TPSA) is 214 Å². The molecule has 1 fully saturated rings. The standard InChI is InChI=1S/C40H51ClN10O5.ClH/c1-49(21-6-19-42)34(52)27-55-32-15-11-29(12-16-32)8-3-23-51(25-5-10-31(26-51)46-40(54)36-38(44)48-39(45)37(41)47-36)24-4-9-30-13-17-33(18-14-30)56-28-35(53)50(2)22-7-20-43;/h11-18,31H,3-10,21-28H2,1-2H3,(H4-,44,45,46,48,54);1H/t31-;/m0./s1.